The van der Waals surface area contributed by atoms with E-state index in [1.807, 2.05) is 0 Å². The molecule has 0 amide bonds. The summed E-state index contributed by atoms with van der Waals surface area (Å²) in [5.74, 6) is 0.653. The second-order valence-electron chi connectivity index (χ2n) is 4.76. The van der Waals surface area contributed by atoms with Gasteiger partial charge in [0.2, 0.25) is 0 Å². The van der Waals surface area contributed by atoms with Crippen LogP contribution in [0.25, 0.3) is 0 Å². The van der Waals surface area contributed by atoms with Gasteiger partial charge in [-0.05, 0) is 38.1 Å². The smallest absolute Gasteiger partial charge is 0.0829 e. The van der Waals surface area contributed by atoms with Gasteiger partial charge in [0.05, 0.1) is 11.6 Å². The van der Waals surface area contributed by atoms with Crippen LogP contribution in [0.4, 0.5) is 0 Å². The van der Waals surface area contributed by atoms with Crippen molar-refractivity contribution in [2.24, 2.45) is 5.92 Å². The molecule has 1 rings (SSSR count). The van der Waals surface area contributed by atoms with E-state index in [1.165, 1.54) is 32.1 Å². The Morgan fingerprint density at radius 1 is 1.38 bits per heavy atom. The van der Waals surface area contributed by atoms with Crippen molar-refractivity contribution >= 4 is 11.6 Å². The molecular weight excluding hydrogens is 222 g/mol. The highest BCUT2D eigenvalue weighted by Crippen LogP contribution is 2.26. The number of nitrogens with one attached hydrogen (secondary N) is 1. The van der Waals surface area contributed by atoms with Crippen LogP contribution >= 0.6 is 11.6 Å². The second kappa shape index (κ2) is 8.32. The van der Waals surface area contributed by atoms with Crippen molar-refractivity contribution in [2.45, 2.75) is 64.0 Å². The largest absolute Gasteiger partial charge is 0.378 e. The molecule has 0 aromatic carbocycles. The summed E-state index contributed by atoms with van der Waals surface area (Å²) < 4.78 is 6.02. The Balaban J connectivity index is 2.34. The first-order valence-electron chi connectivity index (χ1n) is 6.77. The van der Waals surface area contributed by atoms with Gasteiger partial charge >= 0.3 is 0 Å². The van der Waals surface area contributed by atoms with Crippen LogP contribution in [0.5, 0.6) is 0 Å². The predicted molar refractivity (Wildman–Crippen MR) is 69.9 cm³/mol. The van der Waals surface area contributed by atoms with Gasteiger partial charge in [-0.25, -0.2) is 0 Å². The minimum atomic E-state index is 0.146. The van der Waals surface area contributed by atoms with Crippen LogP contribution in [-0.2, 0) is 4.74 Å². The molecule has 0 bridgehead atoms. The van der Waals surface area contributed by atoms with Gasteiger partial charge in [0.25, 0.3) is 0 Å². The van der Waals surface area contributed by atoms with Gasteiger partial charge in [0.1, 0.15) is 0 Å². The number of unbranched alkanes of at least 4 members (excludes halogenated alkanes) is 1. The molecule has 16 heavy (non-hydrogen) atoms. The van der Waals surface area contributed by atoms with Gasteiger partial charge in [0.15, 0.2) is 0 Å². The average Bonchev–Trinajstić information content (AvgIpc) is 2.28. The summed E-state index contributed by atoms with van der Waals surface area (Å²) in [4.78, 5) is 0. The zero-order valence-corrected chi connectivity index (χ0v) is 11.4. The lowest BCUT2D eigenvalue weighted by Gasteiger charge is -2.33. The molecule has 96 valence electrons. The van der Waals surface area contributed by atoms with Crippen molar-refractivity contribution in [3.8, 4) is 0 Å². The summed E-state index contributed by atoms with van der Waals surface area (Å²) in [5, 5.41) is 3.29. The molecule has 1 aliphatic rings. The van der Waals surface area contributed by atoms with Gasteiger partial charge < -0.3 is 10.1 Å². The van der Waals surface area contributed by atoms with E-state index in [0.717, 1.165) is 19.6 Å². The van der Waals surface area contributed by atoms with Crippen LogP contribution in [0.1, 0.15) is 52.4 Å². The number of ether oxygens (including phenoxy) is 1. The number of hydrogen-bond donors (Lipinski definition) is 1. The number of alkyl halides is 1. The van der Waals surface area contributed by atoms with E-state index in [9.17, 15) is 0 Å². The summed E-state index contributed by atoms with van der Waals surface area (Å²) in [6, 6.07) is 0. The maximum absolute atomic E-state index is 6.15. The molecule has 1 fully saturated rings. The van der Waals surface area contributed by atoms with Gasteiger partial charge in [-0.2, -0.15) is 0 Å². The van der Waals surface area contributed by atoms with Crippen LogP contribution in [0.2, 0.25) is 0 Å². The van der Waals surface area contributed by atoms with Crippen LogP contribution in [0.15, 0.2) is 0 Å². The molecule has 0 aliphatic carbocycles. The Morgan fingerprint density at radius 2 is 2.19 bits per heavy atom. The van der Waals surface area contributed by atoms with Crippen molar-refractivity contribution < 1.29 is 4.74 Å². The molecule has 0 aromatic heterocycles. The minimum Gasteiger partial charge on any atom is -0.378 e. The summed E-state index contributed by atoms with van der Waals surface area (Å²) in [5.41, 5.74) is 0.146. The Hall–Kier alpha value is 0.210. The quantitative estimate of drug-likeness (QED) is 0.422. The lowest BCUT2D eigenvalue weighted by Crippen LogP contribution is -2.39. The van der Waals surface area contributed by atoms with Gasteiger partial charge in [-0.15, -0.1) is 11.6 Å². The molecule has 3 heteroatoms. The summed E-state index contributed by atoms with van der Waals surface area (Å²) in [6.07, 6.45) is 7.46. The van der Waals surface area contributed by atoms with Crippen LogP contribution < -0.4 is 5.32 Å². The van der Waals surface area contributed by atoms with Crippen LogP contribution in [0.3, 0.4) is 0 Å². The zero-order chi connectivity index (χ0) is 11.8. The second-order valence-corrected chi connectivity index (χ2v) is 5.28. The highest BCUT2D eigenvalue weighted by atomic mass is 35.5. The van der Waals surface area contributed by atoms with Crippen molar-refractivity contribution in [1.82, 2.24) is 5.32 Å². The fraction of sp³-hybridized carbons (Fsp3) is 1.00. The summed E-state index contributed by atoms with van der Waals surface area (Å²) in [6.45, 7) is 6.39. The highest BCUT2D eigenvalue weighted by molar-refractivity contribution is 6.20. The van der Waals surface area contributed by atoms with E-state index in [2.05, 4.69) is 19.2 Å². The molecular formula is C13H26ClNO. The monoisotopic (exact) mass is 247 g/mol. The zero-order valence-electron chi connectivity index (χ0n) is 10.7. The fourth-order valence-electron chi connectivity index (χ4n) is 2.35. The van der Waals surface area contributed by atoms with Crippen molar-refractivity contribution in [2.75, 3.05) is 13.2 Å². The average molecular weight is 248 g/mol. The Morgan fingerprint density at radius 3 is 2.81 bits per heavy atom. The Kier molecular flexibility index (Phi) is 7.42. The van der Waals surface area contributed by atoms with Gasteiger partial charge in [-0.1, -0.05) is 26.7 Å². The molecule has 3 unspecified atom stereocenters. The number of halogens is 1. The molecule has 0 saturated carbocycles. The molecule has 0 spiro atoms. The van der Waals surface area contributed by atoms with E-state index in [4.69, 9.17) is 16.3 Å². The van der Waals surface area contributed by atoms with Crippen molar-refractivity contribution in [1.29, 1.82) is 0 Å². The van der Waals surface area contributed by atoms with Gasteiger partial charge in [0, 0.05) is 6.61 Å². The molecule has 1 heterocycles. The molecule has 1 N–H and O–H groups in total. The Bertz CT molecular complexity index is 177. The van der Waals surface area contributed by atoms with E-state index >= 15 is 0 Å². The normalized spacial score (nSPS) is 27.9. The molecule has 1 aliphatic heterocycles. The molecule has 2 nitrogen and oxygen atoms in total. The van der Waals surface area contributed by atoms with Crippen molar-refractivity contribution in [3.05, 3.63) is 0 Å². The molecule has 0 radical (unpaired) electrons. The molecule has 1 saturated heterocycles. The fourth-order valence-corrected chi connectivity index (χ4v) is 2.69. The first-order valence-corrected chi connectivity index (χ1v) is 7.20. The lowest BCUT2D eigenvalue weighted by molar-refractivity contribution is -0.00587. The third kappa shape index (κ3) is 5.03. The number of hydrogen-bond acceptors (Lipinski definition) is 2. The third-order valence-corrected chi connectivity index (χ3v) is 3.65. The van der Waals surface area contributed by atoms with E-state index < -0.39 is 0 Å². The SMILES string of the molecule is CCCCOC(CCC)C1CCNC(Cl)C1. The van der Waals surface area contributed by atoms with E-state index in [0.29, 0.717) is 12.0 Å². The van der Waals surface area contributed by atoms with Crippen LogP contribution in [-0.4, -0.2) is 24.8 Å². The molecule has 3 atom stereocenters. The summed E-state index contributed by atoms with van der Waals surface area (Å²) >= 11 is 6.15. The topological polar surface area (TPSA) is 21.3 Å². The standard InChI is InChI=1S/C13H26ClNO/c1-3-5-9-16-12(6-4-2)11-7-8-15-13(14)10-11/h11-13,15H,3-10H2,1-2H3. The maximum Gasteiger partial charge on any atom is 0.0829 e. The number of rotatable bonds is 7. The first-order chi connectivity index (χ1) is 7.77. The molecule has 0 aromatic rings. The maximum atomic E-state index is 6.15. The minimum absolute atomic E-state index is 0.146. The van der Waals surface area contributed by atoms with E-state index in [-0.39, 0.29) is 5.50 Å². The van der Waals surface area contributed by atoms with E-state index in [1.54, 1.807) is 0 Å². The highest BCUT2D eigenvalue weighted by Gasteiger charge is 2.27. The first kappa shape index (κ1) is 14.3. The predicted octanol–water partition coefficient (Wildman–Crippen LogP) is 3.54. The van der Waals surface area contributed by atoms with Crippen molar-refractivity contribution in [3.63, 3.8) is 0 Å². The number of piperidine rings is 1. The Labute approximate surface area is 105 Å². The summed E-state index contributed by atoms with van der Waals surface area (Å²) in [7, 11) is 0. The lowest BCUT2D eigenvalue weighted by atomic mass is 9.89. The third-order valence-electron chi connectivity index (χ3n) is 3.32. The van der Waals surface area contributed by atoms with Gasteiger partial charge in [-0.3, -0.25) is 0 Å². The van der Waals surface area contributed by atoms with Crippen LogP contribution in [0, 0.1) is 5.92 Å².